The maximum atomic E-state index is 4.52. The van der Waals surface area contributed by atoms with E-state index in [0.29, 0.717) is 0 Å². The van der Waals surface area contributed by atoms with Gasteiger partial charge < -0.3 is 4.40 Å². The molecule has 0 aliphatic heterocycles. The fourth-order valence-electron chi connectivity index (χ4n) is 2.44. The Morgan fingerprint density at radius 3 is 2.71 bits per heavy atom. The molecule has 0 saturated carbocycles. The lowest BCUT2D eigenvalue weighted by atomic mass is 10.1. The number of rotatable bonds is 0. The van der Waals surface area contributed by atoms with Crippen molar-refractivity contribution in [2.75, 3.05) is 0 Å². The molecule has 0 bridgehead atoms. The molecular weight excluding hydrogens is 208 g/mol. The highest BCUT2D eigenvalue weighted by Gasteiger charge is 2.04. The molecule has 0 saturated heterocycles. The summed E-state index contributed by atoms with van der Waals surface area (Å²) in [7, 11) is 0. The Morgan fingerprint density at radius 1 is 0.824 bits per heavy atom. The summed E-state index contributed by atoms with van der Waals surface area (Å²) >= 11 is 0. The van der Waals surface area contributed by atoms with Crippen molar-refractivity contribution >= 4 is 27.3 Å². The van der Waals surface area contributed by atoms with Crippen LogP contribution in [0.25, 0.3) is 27.3 Å². The van der Waals surface area contributed by atoms with E-state index in [9.17, 15) is 0 Å². The molecule has 0 radical (unpaired) electrons. The predicted molar refractivity (Wildman–Crippen MR) is 70.2 cm³/mol. The number of nitrogens with zero attached hydrogens (tertiary/aromatic N) is 2. The Kier molecular flexibility index (Phi) is 1.59. The first-order chi connectivity index (χ1) is 8.43. The number of benzene rings is 1. The third kappa shape index (κ3) is 1.12. The van der Waals surface area contributed by atoms with Crippen LogP contribution in [0.3, 0.4) is 0 Å². The van der Waals surface area contributed by atoms with E-state index in [1.807, 2.05) is 12.3 Å². The molecule has 2 heteroatoms. The number of aromatic nitrogens is 2. The molecule has 4 rings (SSSR count). The lowest BCUT2D eigenvalue weighted by Gasteiger charge is -2.06. The van der Waals surface area contributed by atoms with Gasteiger partial charge in [-0.05, 0) is 24.3 Å². The smallest absolute Gasteiger partial charge is 0.0948 e. The summed E-state index contributed by atoms with van der Waals surface area (Å²) in [6, 6.07) is 16.8. The van der Waals surface area contributed by atoms with E-state index in [-0.39, 0.29) is 0 Å². The summed E-state index contributed by atoms with van der Waals surface area (Å²) < 4.78 is 2.20. The number of hydrogen-bond acceptors (Lipinski definition) is 1. The minimum absolute atomic E-state index is 1.06. The average Bonchev–Trinajstić information content (AvgIpc) is 2.86. The molecule has 2 nitrogen and oxygen atoms in total. The van der Waals surface area contributed by atoms with Crippen molar-refractivity contribution in [3.05, 3.63) is 60.9 Å². The quantitative estimate of drug-likeness (QED) is 0.412. The SMILES string of the molecule is c1cnc2c(c1)ccc1ccc3cccn3c12. The minimum atomic E-state index is 1.06. The van der Waals surface area contributed by atoms with Crippen molar-refractivity contribution in [1.82, 2.24) is 9.38 Å². The number of fused-ring (bicyclic) bond motifs is 5. The predicted octanol–water partition coefficient (Wildman–Crippen LogP) is 3.64. The molecule has 3 heterocycles. The van der Waals surface area contributed by atoms with Crippen LogP contribution in [0.2, 0.25) is 0 Å². The Morgan fingerprint density at radius 2 is 1.71 bits per heavy atom. The van der Waals surface area contributed by atoms with Crippen LogP contribution in [0.4, 0.5) is 0 Å². The van der Waals surface area contributed by atoms with E-state index in [4.69, 9.17) is 0 Å². The van der Waals surface area contributed by atoms with Crippen LogP contribution < -0.4 is 0 Å². The molecule has 0 N–H and O–H groups in total. The average molecular weight is 218 g/mol. The van der Waals surface area contributed by atoms with E-state index in [2.05, 4.69) is 58.0 Å². The third-order valence-corrected chi connectivity index (χ3v) is 3.23. The molecule has 0 fully saturated rings. The van der Waals surface area contributed by atoms with Crippen molar-refractivity contribution in [2.24, 2.45) is 0 Å². The molecule has 0 unspecified atom stereocenters. The normalized spacial score (nSPS) is 11.5. The van der Waals surface area contributed by atoms with Crippen molar-refractivity contribution < 1.29 is 0 Å². The summed E-state index contributed by atoms with van der Waals surface area (Å²) in [6.07, 6.45) is 3.94. The van der Waals surface area contributed by atoms with Crippen molar-refractivity contribution in [1.29, 1.82) is 0 Å². The fourth-order valence-corrected chi connectivity index (χ4v) is 2.44. The first-order valence-electron chi connectivity index (χ1n) is 5.67. The number of hydrogen-bond donors (Lipinski definition) is 0. The largest absolute Gasteiger partial charge is 0.315 e. The first-order valence-corrected chi connectivity index (χ1v) is 5.67. The van der Waals surface area contributed by atoms with E-state index in [1.54, 1.807) is 0 Å². The van der Waals surface area contributed by atoms with Crippen LogP contribution in [0.5, 0.6) is 0 Å². The van der Waals surface area contributed by atoms with Gasteiger partial charge in [-0.1, -0.05) is 24.3 Å². The summed E-state index contributed by atoms with van der Waals surface area (Å²) in [5.41, 5.74) is 3.45. The van der Waals surface area contributed by atoms with Gasteiger partial charge in [0.05, 0.1) is 11.0 Å². The molecule has 3 aromatic heterocycles. The second kappa shape index (κ2) is 3.08. The fraction of sp³-hybridized carbons (Fsp3) is 0. The topological polar surface area (TPSA) is 17.3 Å². The van der Waals surface area contributed by atoms with Gasteiger partial charge >= 0.3 is 0 Å². The van der Waals surface area contributed by atoms with Gasteiger partial charge in [0, 0.05) is 28.7 Å². The van der Waals surface area contributed by atoms with Crippen LogP contribution in [0, 0.1) is 0 Å². The van der Waals surface area contributed by atoms with Crippen LogP contribution >= 0.6 is 0 Å². The molecule has 0 spiro atoms. The Balaban J connectivity index is 2.41. The van der Waals surface area contributed by atoms with Crippen LogP contribution in [0.1, 0.15) is 0 Å². The number of pyridine rings is 2. The Bertz CT molecular complexity index is 843. The van der Waals surface area contributed by atoms with Gasteiger partial charge in [-0.2, -0.15) is 0 Å². The van der Waals surface area contributed by atoms with Crippen LogP contribution in [-0.2, 0) is 0 Å². The van der Waals surface area contributed by atoms with Crippen molar-refractivity contribution in [2.45, 2.75) is 0 Å². The van der Waals surface area contributed by atoms with Gasteiger partial charge in [0.25, 0.3) is 0 Å². The first kappa shape index (κ1) is 8.76. The van der Waals surface area contributed by atoms with E-state index in [1.165, 1.54) is 21.8 Å². The van der Waals surface area contributed by atoms with Gasteiger partial charge in [-0.25, -0.2) is 0 Å². The zero-order chi connectivity index (χ0) is 11.2. The van der Waals surface area contributed by atoms with Gasteiger partial charge in [0.15, 0.2) is 0 Å². The summed E-state index contributed by atoms with van der Waals surface area (Å²) in [6.45, 7) is 0. The molecule has 0 aliphatic carbocycles. The molecule has 4 aromatic rings. The third-order valence-electron chi connectivity index (χ3n) is 3.23. The monoisotopic (exact) mass is 218 g/mol. The Hall–Kier alpha value is -2.35. The van der Waals surface area contributed by atoms with Gasteiger partial charge in [0.2, 0.25) is 0 Å². The standard InChI is InChI=1S/C15H10N2/c1-3-11-5-6-12-7-8-13-4-2-10-17(13)15(12)14(11)16-9-1/h1-10H. The second-order valence-corrected chi connectivity index (χ2v) is 4.21. The van der Waals surface area contributed by atoms with E-state index >= 15 is 0 Å². The van der Waals surface area contributed by atoms with Gasteiger partial charge in [-0.15, -0.1) is 0 Å². The Labute approximate surface area is 98.1 Å². The van der Waals surface area contributed by atoms with Crippen molar-refractivity contribution in [3.63, 3.8) is 0 Å². The molecule has 0 aliphatic rings. The second-order valence-electron chi connectivity index (χ2n) is 4.21. The summed E-state index contributed by atoms with van der Waals surface area (Å²) in [5, 5.41) is 2.40. The summed E-state index contributed by atoms with van der Waals surface area (Å²) in [4.78, 5) is 4.52. The highest BCUT2D eigenvalue weighted by Crippen LogP contribution is 2.24. The maximum Gasteiger partial charge on any atom is 0.0948 e. The molecular formula is C15H10N2. The van der Waals surface area contributed by atoms with Crippen LogP contribution in [0.15, 0.2) is 60.9 Å². The highest BCUT2D eigenvalue weighted by atomic mass is 14.9. The zero-order valence-corrected chi connectivity index (χ0v) is 9.17. The van der Waals surface area contributed by atoms with Gasteiger partial charge in [0.1, 0.15) is 0 Å². The van der Waals surface area contributed by atoms with Gasteiger partial charge in [-0.3, -0.25) is 4.98 Å². The van der Waals surface area contributed by atoms with E-state index in [0.717, 1.165) is 5.52 Å². The van der Waals surface area contributed by atoms with Crippen molar-refractivity contribution in [3.8, 4) is 0 Å². The lowest BCUT2D eigenvalue weighted by molar-refractivity contribution is 1.27. The molecule has 17 heavy (non-hydrogen) atoms. The maximum absolute atomic E-state index is 4.52. The molecule has 80 valence electrons. The molecule has 0 atom stereocenters. The lowest BCUT2D eigenvalue weighted by Crippen LogP contribution is -1.89. The highest BCUT2D eigenvalue weighted by molar-refractivity contribution is 6.04. The van der Waals surface area contributed by atoms with E-state index < -0.39 is 0 Å². The zero-order valence-electron chi connectivity index (χ0n) is 9.17. The summed E-state index contributed by atoms with van der Waals surface area (Å²) in [5.74, 6) is 0. The van der Waals surface area contributed by atoms with Crippen LogP contribution in [-0.4, -0.2) is 9.38 Å². The molecule has 0 amide bonds. The molecule has 1 aromatic carbocycles. The minimum Gasteiger partial charge on any atom is -0.315 e.